The summed E-state index contributed by atoms with van der Waals surface area (Å²) < 4.78 is 1.24. The topological polar surface area (TPSA) is 12.0 Å². The number of benzene rings is 1. The first-order valence-corrected chi connectivity index (χ1v) is 5.56. The van der Waals surface area contributed by atoms with Crippen LogP contribution >= 0.6 is 28.3 Å². The minimum Gasteiger partial charge on any atom is -0.310 e. The molecule has 0 amide bonds. The molecule has 0 bridgehead atoms. The number of hydrogen-bond donors (Lipinski definition) is 1. The molecule has 1 nitrogen and oxygen atoms in total. The molecule has 14 heavy (non-hydrogen) atoms. The second-order valence-corrected chi connectivity index (χ2v) is 4.53. The first-order valence-electron chi connectivity index (χ1n) is 4.77. The number of nitrogens with one attached hydrogen (secondary N) is 1. The Labute approximate surface area is 99.8 Å². The fraction of sp³-hybridized carbons (Fsp3) is 0.455. The molecule has 2 rings (SSSR count). The molecule has 1 aliphatic heterocycles. The lowest BCUT2D eigenvalue weighted by atomic mass is 10.0. The van der Waals surface area contributed by atoms with Crippen LogP contribution in [0, 0.1) is 6.92 Å². The first-order chi connectivity index (χ1) is 6.27. The lowest BCUT2D eigenvalue weighted by Crippen LogP contribution is -2.13. The molecule has 0 aliphatic carbocycles. The van der Waals surface area contributed by atoms with Crippen molar-refractivity contribution in [3.05, 3.63) is 33.8 Å². The van der Waals surface area contributed by atoms with Gasteiger partial charge in [0.05, 0.1) is 0 Å². The summed E-state index contributed by atoms with van der Waals surface area (Å²) in [6.45, 7) is 3.28. The molecular weight excluding hydrogens is 261 g/mol. The predicted molar refractivity (Wildman–Crippen MR) is 66.1 cm³/mol. The van der Waals surface area contributed by atoms with Crippen LogP contribution in [0.3, 0.4) is 0 Å². The van der Waals surface area contributed by atoms with Gasteiger partial charge >= 0.3 is 0 Å². The molecular formula is C11H15BrClN. The van der Waals surface area contributed by atoms with Gasteiger partial charge in [-0.05, 0) is 43.5 Å². The Morgan fingerprint density at radius 1 is 1.43 bits per heavy atom. The zero-order valence-corrected chi connectivity index (χ0v) is 10.6. The van der Waals surface area contributed by atoms with Crippen molar-refractivity contribution in [2.75, 3.05) is 6.54 Å². The van der Waals surface area contributed by atoms with Crippen LogP contribution in [-0.4, -0.2) is 6.54 Å². The van der Waals surface area contributed by atoms with E-state index in [4.69, 9.17) is 0 Å². The molecule has 1 aliphatic rings. The van der Waals surface area contributed by atoms with E-state index < -0.39 is 0 Å². The van der Waals surface area contributed by atoms with E-state index in [-0.39, 0.29) is 12.4 Å². The third-order valence-electron chi connectivity index (χ3n) is 2.59. The predicted octanol–water partition coefficient (Wildman–Crippen LogP) is 3.60. The summed E-state index contributed by atoms with van der Waals surface area (Å²) >= 11 is 3.62. The van der Waals surface area contributed by atoms with Crippen molar-refractivity contribution in [3.63, 3.8) is 0 Å². The molecule has 0 aromatic heterocycles. The molecule has 1 saturated heterocycles. The van der Waals surface area contributed by atoms with Crippen LogP contribution in [0.25, 0.3) is 0 Å². The summed E-state index contributed by atoms with van der Waals surface area (Å²) in [5.41, 5.74) is 2.72. The highest BCUT2D eigenvalue weighted by Gasteiger charge is 2.17. The number of halogens is 2. The largest absolute Gasteiger partial charge is 0.310 e. The van der Waals surface area contributed by atoms with Crippen LogP contribution in [0.2, 0.25) is 0 Å². The summed E-state index contributed by atoms with van der Waals surface area (Å²) in [7, 11) is 0. The minimum atomic E-state index is 0. The summed E-state index contributed by atoms with van der Waals surface area (Å²) in [5.74, 6) is 0. The molecule has 1 fully saturated rings. The van der Waals surface area contributed by atoms with Crippen molar-refractivity contribution in [2.24, 2.45) is 0 Å². The molecule has 0 saturated carbocycles. The highest BCUT2D eigenvalue weighted by Crippen LogP contribution is 2.29. The lowest BCUT2D eigenvalue weighted by molar-refractivity contribution is 0.645. The monoisotopic (exact) mass is 275 g/mol. The molecule has 1 N–H and O–H groups in total. The molecule has 78 valence electrons. The summed E-state index contributed by atoms with van der Waals surface area (Å²) in [4.78, 5) is 0. The van der Waals surface area contributed by atoms with Crippen LogP contribution < -0.4 is 5.32 Å². The van der Waals surface area contributed by atoms with Gasteiger partial charge in [-0.15, -0.1) is 12.4 Å². The SMILES string of the molecule is Cc1ccc([C@@H]2CCCN2)c(Br)c1.Cl. The van der Waals surface area contributed by atoms with Gasteiger partial charge in [0.1, 0.15) is 0 Å². The van der Waals surface area contributed by atoms with Gasteiger partial charge in [-0.25, -0.2) is 0 Å². The molecule has 0 radical (unpaired) electrons. The normalized spacial score (nSPS) is 20.6. The van der Waals surface area contributed by atoms with Crippen LogP contribution in [0.4, 0.5) is 0 Å². The quantitative estimate of drug-likeness (QED) is 0.826. The van der Waals surface area contributed by atoms with Gasteiger partial charge in [0.25, 0.3) is 0 Å². The summed E-state index contributed by atoms with van der Waals surface area (Å²) in [6, 6.07) is 7.16. The summed E-state index contributed by atoms with van der Waals surface area (Å²) in [5, 5.41) is 3.50. The van der Waals surface area contributed by atoms with E-state index in [1.165, 1.54) is 28.4 Å². The van der Waals surface area contributed by atoms with Gasteiger partial charge in [0, 0.05) is 10.5 Å². The van der Waals surface area contributed by atoms with E-state index in [0.717, 1.165) is 6.54 Å². The number of hydrogen-bond acceptors (Lipinski definition) is 1. The maximum absolute atomic E-state index is 3.62. The molecule has 0 unspecified atom stereocenters. The Hall–Kier alpha value is -0.0500. The van der Waals surface area contributed by atoms with Gasteiger partial charge in [-0.1, -0.05) is 28.1 Å². The third kappa shape index (κ3) is 2.50. The number of aryl methyl sites for hydroxylation is 1. The fourth-order valence-electron chi connectivity index (χ4n) is 1.86. The lowest BCUT2D eigenvalue weighted by Gasteiger charge is -2.12. The van der Waals surface area contributed by atoms with Crippen molar-refractivity contribution in [1.82, 2.24) is 5.32 Å². The summed E-state index contributed by atoms with van der Waals surface area (Å²) in [6.07, 6.45) is 2.56. The fourth-order valence-corrected chi connectivity index (χ4v) is 2.63. The van der Waals surface area contributed by atoms with E-state index >= 15 is 0 Å². The maximum atomic E-state index is 3.62. The van der Waals surface area contributed by atoms with Crippen LogP contribution in [0.15, 0.2) is 22.7 Å². The van der Waals surface area contributed by atoms with Gasteiger partial charge < -0.3 is 5.32 Å². The first kappa shape index (κ1) is 12.0. The smallest absolute Gasteiger partial charge is 0.0331 e. The zero-order chi connectivity index (χ0) is 9.26. The van der Waals surface area contributed by atoms with E-state index in [0.29, 0.717) is 6.04 Å². The molecule has 1 heterocycles. The Balaban J connectivity index is 0.000000980. The highest BCUT2D eigenvalue weighted by molar-refractivity contribution is 9.10. The van der Waals surface area contributed by atoms with E-state index in [1.54, 1.807) is 0 Å². The second kappa shape index (κ2) is 5.15. The van der Waals surface area contributed by atoms with Gasteiger partial charge in [0.15, 0.2) is 0 Å². The molecule has 3 heteroatoms. The zero-order valence-electron chi connectivity index (χ0n) is 8.22. The van der Waals surface area contributed by atoms with Crippen LogP contribution in [0.1, 0.15) is 30.0 Å². The minimum absolute atomic E-state index is 0. The average molecular weight is 277 g/mol. The number of rotatable bonds is 1. The molecule has 1 aromatic carbocycles. The van der Waals surface area contributed by atoms with E-state index in [1.807, 2.05) is 0 Å². The molecule has 1 atom stereocenters. The maximum Gasteiger partial charge on any atom is 0.0331 e. The Kier molecular flexibility index (Phi) is 4.42. The van der Waals surface area contributed by atoms with Crippen molar-refractivity contribution >= 4 is 28.3 Å². The van der Waals surface area contributed by atoms with Crippen molar-refractivity contribution in [1.29, 1.82) is 0 Å². The van der Waals surface area contributed by atoms with Gasteiger partial charge in [-0.2, -0.15) is 0 Å². The highest BCUT2D eigenvalue weighted by atomic mass is 79.9. The third-order valence-corrected chi connectivity index (χ3v) is 3.28. The van der Waals surface area contributed by atoms with Gasteiger partial charge in [0.2, 0.25) is 0 Å². The second-order valence-electron chi connectivity index (χ2n) is 3.67. The van der Waals surface area contributed by atoms with Crippen LogP contribution in [0.5, 0.6) is 0 Å². The van der Waals surface area contributed by atoms with Gasteiger partial charge in [-0.3, -0.25) is 0 Å². The van der Waals surface area contributed by atoms with E-state index in [2.05, 4.69) is 46.4 Å². The van der Waals surface area contributed by atoms with Crippen molar-refractivity contribution < 1.29 is 0 Å². The Bertz CT molecular complexity index is 308. The average Bonchev–Trinajstić information content (AvgIpc) is 2.56. The standard InChI is InChI=1S/C11H14BrN.ClH/c1-8-4-5-9(10(12)7-8)11-3-2-6-13-11;/h4-5,7,11,13H,2-3,6H2,1H3;1H/t11-;/m0./s1. The van der Waals surface area contributed by atoms with Crippen molar-refractivity contribution in [2.45, 2.75) is 25.8 Å². The Morgan fingerprint density at radius 3 is 2.79 bits per heavy atom. The molecule has 1 aromatic rings. The van der Waals surface area contributed by atoms with E-state index in [9.17, 15) is 0 Å². The van der Waals surface area contributed by atoms with Crippen molar-refractivity contribution in [3.8, 4) is 0 Å². The van der Waals surface area contributed by atoms with Crippen LogP contribution in [-0.2, 0) is 0 Å². The Morgan fingerprint density at radius 2 is 2.21 bits per heavy atom. The molecule has 0 spiro atoms.